The van der Waals surface area contributed by atoms with E-state index < -0.39 is 11.5 Å². The molecule has 1 unspecified atom stereocenters. The molecule has 2 aromatic rings. The van der Waals surface area contributed by atoms with E-state index in [1.807, 2.05) is 38.1 Å². The molecule has 1 aromatic carbocycles. The van der Waals surface area contributed by atoms with Crippen LogP contribution in [0.5, 0.6) is 0 Å². The highest BCUT2D eigenvalue weighted by molar-refractivity contribution is 5.99. The molecule has 1 fully saturated rings. The fourth-order valence-corrected chi connectivity index (χ4v) is 3.68. The van der Waals surface area contributed by atoms with Crippen molar-refractivity contribution >= 4 is 11.9 Å². The van der Waals surface area contributed by atoms with Crippen molar-refractivity contribution in [3.63, 3.8) is 0 Å². The standard InChI is InChI=1S/C20H24N2O3/c1-14-12-17(15(2)21(14)13-16-8-5-4-6-9-16)18(23)22-11-7-10-20(22,3)19(24)25/h4-6,8-9,12H,7,10-11,13H2,1-3H3,(H,24,25). The molecular weight excluding hydrogens is 316 g/mol. The highest BCUT2D eigenvalue weighted by Gasteiger charge is 2.46. The zero-order valence-electron chi connectivity index (χ0n) is 15.0. The molecule has 1 saturated heterocycles. The summed E-state index contributed by atoms with van der Waals surface area (Å²) in [6, 6.07) is 12.0. The smallest absolute Gasteiger partial charge is 0.329 e. The maximum absolute atomic E-state index is 13.1. The van der Waals surface area contributed by atoms with Gasteiger partial charge in [-0.25, -0.2) is 4.79 Å². The largest absolute Gasteiger partial charge is 0.480 e. The lowest BCUT2D eigenvalue weighted by molar-refractivity contribution is -0.147. The summed E-state index contributed by atoms with van der Waals surface area (Å²) >= 11 is 0. The molecule has 0 aliphatic carbocycles. The third-order valence-electron chi connectivity index (χ3n) is 5.33. The van der Waals surface area contributed by atoms with Gasteiger partial charge in [-0.05, 0) is 45.2 Å². The van der Waals surface area contributed by atoms with Crippen LogP contribution >= 0.6 is 0 Å². The van der Waals surface area contributed by atoms with Crippen LogP contribution in [0.1, 0.15) is 47.1 Å². The van der Waals surface area contributed by atoms with Gasteiger partial charge in [-0.1, -0.05) is 30.3 Å². The van der Waals surface area contributed by atoms with E-state index in [0.29, 0.717) is 25.1 Å². The van der Waals surface area contributed by atoms with E-state index in [1.54, 1.807) is 6.92 Å². The molecule has 5 heteroatoms. The topological polar surface area (TPSA) is 62.5 Å². The number of rotatable bonds is 4. The second-order valence-electron chi connectivity index (χ2n) is 7.00. The Labute approximate surface area is 147 Å². The van der Waals surface area contributed by atoms with Crippen molar-refractivity contribution in [3.05, 3.63) is 58.9 Å². The molecule has 5 nitrogen and oxygen atoms in total. The lowest BCUT2D eigenvalue weighted by atomic mass is 9.98. The van der Waals surface area contributed by atoms with Gasteiger partial charge in [0, 0.05) is 24.5 Å². The van der Waals surface area contributed by atoms with Crippen LogP contribution in [0.4, 0.5) is 0 Å². The fourth-order valence-electron chi connectivity index (χ4n) is 3.68. The predicted molar refractivity (Wildman–Crippen MR) is 95.8 cm³/mol. The second-order valence-corrected chi connectivity index (χ2v) is 7.00. The SMILES string of the molecule is Cc1cc(C(=O)N2CCCC2(C)C(=O)O)c(C)n1Cc1ccccc1. The van der Waals surface area contributed by atoms with Crippen LogP contribution in [0.15, 0.2) is 36.4 Å². The Balaban J connectivity index is 1.92. The maximum atomic E-state index is 13.1. The van der Waals surface area contributed by atoms with Crippen molar-refractivity contribution in [3.8, 4) is 0 Å². The molecule has 0 radical (unpaired) electrons. The highest BCUT2D eigenvalue weighted by atomic mass is 16.4. The Kier molecular flexibility index (Phi) is 4.41. The number of likely N-dealkylation sites (tertiary alicyclic amines) is 1. The molecule has 1 atom stereocenters. The van der Waals surface area contributed by atoms with Crippen molar-refractivity contribution in [2.75, 3.05) is 6.54 Å². The fraction of sp³-hybridized carbons (Fsp3) is 0.400. The summed E-state index contributed by atoms with van der Waals surface area (Å²) < 4.78 is 2.11. The van der Waals surface area contributed by atoms with E-state index in [1.165, 1.54) is 10.5 Å². The molecule has 1 amide bonds. The van der Waals surface area contributed by atoms with E-state index in [2.05, 4.69) is 16.7 Å². The van der Waals surface area contributed by atoms with Crippen molar-refractivity contribution < 1.29 is 14.7 Å². The summed E-state index contributed by atoms with van der Waals surface area (Å²) in [5, 5.41) is 9.56. The Morgan fingerprint density at radius 3 is 2.52 bits per heavy atom. The molecule has 0 spiro atoms. The van der Waals surface area contributed by atoms with Crippen LogP contribution in [-0.2, 0) is 11.3 Å². The minimum atomic E-state index is -1.11. The second kappa shape index (κ2) is 6.39. The normalized spacial score (nSPS) is 20.0. The molecule has 0 bridgehead atoms. The Hall–Kier alpha value is -2.56. The first-order chi connectivity index (χ1) is 11.8. The van der Waals surface area contributed by atoms with E-state index in [4.69, 9.17) is 0 Å². The number of carbonyl (C=O) groups excluding carboxylic acids is 1. The molecule has 25 heavy (non-hydrogen) atoms. The van der Waals surface area contributed by atoms with Gasteiger partial charge >= 0.3 is 5.97 Å². The summed E-state index contributed by atoms with van der Waals surface area (Å²) in [6.45, 7) is 6.74. The summed E-state index contributed by atoms with van der Waals surface area (Å²) in [5.41, 5.74) is 2.54. The molecule has 1 aliphatic heterocycles. The molecule has 0 saturated carbocycles. The van der Waals surface area contributed by atoms with Crippen LogP contribution in [0, 0.1) is 13.8 Å². The molecule has 1 aromatic heterocycles. The Morgan fingerprint density at radius 2 is 1.88 bits per heavy atom. The van der Waals surface area contributed by atoms with Gasteiger partial charge in [0.15, 0.2) is 0 Å². The van der Waals surface area contributed by atoms with Gasteiger partial charge in [0.25, 0.3) is 5.91 Å². The average molecular weight is 340 g/mol. The number of benzene rings is 1. The lowest BCUT2D eigenvalue weighted by Gasteiger charge is -2.31. The van der Waals surface area contributed by atoms with Crippen molar-refractivity contribution in [1.29, 1.82) is 0 Å². The average Bonchev–Trinajstić information content (AvgIpc) is 3.11. The first-order valence-corrected chi connectivity index (χ1v) is 8.60. The number of carboxylic acids is 1. The molecule has 132 valence electrons. The Bertz CT molecular complexity index is 810. The van der Waals surface area contributed by atoms with Gasteiger partial charge in [0.05, 0.1) is 5.56 Å². The molecular formula is C20H24N2O3. The quantitative estimate of drug-likeness (QED) is 0.929. The van der Waals surface area contributed by atoms with Crippen LogP contribution in [0.25, 0.3) is 0 Å². The van der Waals surface area contributed by atoms with Gasteiger partial charge in [0.1, 0.15) is 5.54 Å². The van der Waals surface area contributed by atoms with Crippen molar-refractivity contribution in [2.24, 2.45) is 0 Å². The number of aliphatic carboxylic acids is 1. The van der Waals surface area contributed by atoms with E-state index in [0.717, 1.165) is 17.8 Å². The summed E-state index contributed by atoms with van der Waals surface area (Å²) in [6.07, 6.45) is 1.22. The summed E-state index contributed by atoms with van der Waals surface area (Å²) in [4.78, 5) is 26.2. The molecule has 1 N–H and O–H groups in total. The molecule has 1 aliphatic rings. The first-order valence-electron chi connectivity index (χ1n) is 8.60. The minimum absolute atomic E-state index is 0.185. The van der Waals surface area contributed by atoms with Crippen LogP contribution in [0.3, 0.4) is 0 Å². The number of carboxylic acid groups (broad SMARTS) is 1. The number of aryl methyl sites for hydroxylation is 1. The number of hydrogen-bond donors (Lipinski definition) is 1. The summed E-state index contributed by atoms with van der Waals surface area (Å²) in [5.74, 6) is -1.12. The third kappa shape index (κ3) is 2.95. The predicted octanol–water partition coefficient (Wildman–Crippen LogP) is 3.23. The van der Waals surface area contributed by atoms with Gasteiger partial charge < -0.3 is 14.6 Å². The number of aromatic nitrogens is 1. The number of carbonyl (C=O) groups is 2. The summed E-state index contributed by atoms with van der Waals surface area (Å²) in [7, 11) is 0. The van der Waals surface area contributed by atoms with E-state index in [-0.39, 0.29) is 5.91 Å². The number of amides is 1. The first kappa shape index (κ1) is 17.3. The van der Waals surface area contributed by atoms with Crippen LogP contribution < -0.4 is 0 Å². The lowest BCUT2D eigenvalue weighted by Crippen LogP contribution is -2.50. The van der Waals surface area contributed by atoms with E-state index in [9.17, 15) is 14.7 Å². The van der Waals surface area contributed by atoms with Gasteiger partial charge in [-0.3, -0.25) is 4.79 Å². The van der Waals surface area contributed by atoms with Crippen LogP contribution in [-0.4, -0.2) is 38.5 Å². The monoisotopic (exact) mass is 340 g/mol. The van der Waals surface area contributed by atoms with E-state index >= 15 is 0 Å². The van der Waals surface area contributed by atoms with Crippen LogP contribution in [0.2, 0.25) is 0 Å². The zero-order valence-corrected chi connectivity index (χ0v) is 15.0. The highest BCUT2D eigenvalue weighted by Crippen LogP contribution is 2.32. The zero-order chi connectivity index (χ0) is 18.2. The van der Waals surface area contributed by atoms with Gasteiger partial charge in [-0.15, -0.1) is 0 Å². The molecule has 3 rings (SSSR count). The van der Waals surface area contributed by atoms with Gasteiger partial charge in [0.2, 0.25) is 0 Å². The van der Waals surface area contributed by atoms with Crippen molar-refractivity contribution in [2.45, 2.75) is 45.7 Å². The maximum Gasteiger partial charge on any atom is 0.329 e. The van der Waals surface area contributed by atoms with Crippen molar-refractivity contribution in [1.82, 2.24) is 9.47 Å². The minimum Gasteiger partial charge on any atom is -0.480 e. The molecule has 2 heterocycles. The van der Waals surface area contributed by atoms with Gasteiger partial charge in [-0.2, -0.15) is 0 Å². The third-order valence-corrected chi connectivity index (χ3v) is 5.33. The number of nitrogens with zero attached hydrogens (tertiary/aromatic N) is 2. The Morgan fingerprint density at radius 1 is 1.20 bits per heavy atom. The number of hydrogen-bond acceptors (Lipinski definition) is 2.